The normalized spacial score (nSPS) is 25.7. The summed E-state index contributed by atoms with van der Waals surface area (Å²) in [6.45, 7) is 2.49. The number of pyridine rings is 1. The van der Waals surface area contributed by atoms with Crippen molar-refractivity contribution >= 4 is 5.91 Å². The van der Waals surface area contributed by atoms with Gasteiger partial charge >= 0.3 is 0 Å². The smallest absolute Gasteiger partial charge is 0.230 e. The molecule has 2 aromatic rings. The third-order valence-corrected chi connectivity index (χ3v) is 5.17. The zero-order chi connectivity index (χ0) is 17.8. The molecule has 2 aliphatic heterocycles. The Hall–Kier alpha value is -2.18. The minimum Gasteiger partial charge on any atom is -0.469 e. The number of aromatic nitrogens is 1. The third kappa shape index (κ3) is 3.97. The maximum atomic E-state index is 12.6. The van der Waals surface area contributed by atoms with Gasteiger partial charge in [0.25, 0.3) is 0 Å². The van der Waals surface area contributed by atoms with Gasteiger partial charge in [0.05, 0.1) is 43.3 Å². The van der Waals surface area contributed by atoms with Crippen molar-refractivity contribution in [3.63, 3.8) is 0 Å². The van der Waals surface area contributed by atoms with Crippen LogP contribution >= 0.6 is 0 Å². The quantitative estimate of drug-likeness (QED) is 0.824. The number of hydrogen-bond acceptors (Lipinski definition) is 5. The summed E-state index contributed by atoms with van der Waals surface area (Å²) < 4.78 is 17.4. The number of hydrogen-bond donors (Lipinski definition) is 0. The first-order valence-corrected chi connectivity index (χ1v) is 9.18. The highest BCUT2D eigenvalue weighted by atomic mass is 16.6. The van der Waals surface area contributed by atoms with Crippen LogP contribution in [0.1, 0.15) is 30.7 Å². The van der Waals surface area contributed by atoms with Crippen LogP contribution in [-0.4, -0.2) is 47.2 Å². The molecule has 0 saturated carbocycles. The zero-order valence-corrected chi connectivity index (χ0v) is 14.8. The second-order valence-corrected chi connectivity index (χ2v) is 7.13. The highest BCUT2D eigenvalue weighted by Gasteiger charge is 2.44. The predicted octanol–water partition coefficient (Wildman–Crippen LogP) is 2.58. The molecule has 2 aromatic heterocycles. The van der Waals surface area contributed by atoms with Gasteiger partial charge in [-0.15, -0.1) is 0 Å². The minimum absolute atomic E-state index is 0.0529. The molecular weight excluding hydrogens is 332 g/mol. The monoisotopic (exact) mass is 356 g/mol. The molecule has 2 aliphatic rings. The Bertz CT molecular complexity index is 719. The summed E-state index contributed by atoms with van der Waals surface area (Å²) in [4.78, 5) is 18.8. The Morgan fingerprint density at radius 1 is 1.35 bits per heavy atom. The van der Waals surface area contributed by atoms with E-state index in [1.807, 2.05) is 35.2 Å². The second-order valence-electron chi connectivity index (χ2n) is 7.13. The highest BCUT2D eigenvalue weighted by molar-refractivity contribution is 5.78. The Morgan fingerprint density at radius 2 is 2.31 bits per heavy atom. The van der Waals surface area contributed by atoms with E-state index < -0.39 is 0 Å². The SMILES string of the molecule is O=C(Cc1ccco1)N1CCC[C@]2(C[C@H](OCc3ccccn3)CO2)C1. The molecule has 2 fully saturated rings. The van der Waals surface area contributed by atoms with Crippen molar-refractivity contribution in [3.8, 4) is 0 Å². The summed E-state index contributed by atoms with van der Waals surface area (Å²) in [7, 11) is 0. The molecule has 6 heteroatoms. The molecule has 0 bridgehead atoms. The number of piperidine rings is 1. The van der Waals surface area contributed by atoms with Gasteiger partial charge in [0, 0.05) is 25.7 Å². The van der Waals surface area contributed by atoms with Crippen molar-refractivity contribution in [2.45, 2.75) is 44.0 Å². The van der Waals surface area contributed by atoms with E-state index in [-0.39, 0.29) is 17.6 Å². The van der Waals surface area contributed by atoms with Gasteiger partial charge in [-0.2, -0.15) is 0 Å². The molecule has 0 unspecified atom stereocenters. The number of rotatable bonds is 5. The third-order valence-electron chi connectivity index (χ3n) is 5.17. The van der Waals surface area contributed by atoms with Gasteiger partial charge in [0.1, 0.15) is 5.76 Å². The molecule has 2 saturated heterocycles. The number of furan rings is 1. The van der Waals surface area contributed by atoms with E-state index in [1.54, 1.807) is 12.5 Å². The molecule has 4 heterocycles. The van der Waals surface area contributed by atoms with Gasteiger partial charge in [-0.3, -0.25) is 9.78 Å². The van der Waals surface area contributed by atoms with Crippen molar-refractivity contribution in [1.82, 2.24) is 9.88 Å². The Morgan fingerprint density at radius 3 is 3.12 bits per heavy atom. The van der Waals surface area contributed by atoms with Crippen LogP contribution in [0.2, 0.25) is 0 Å². The van der Waals surface area contributed by atoms with Crippen LogP contribution in [0.15, 0.2) is 47.2 Å². The number of nitrogens with zero attached hydrogens (tertiary/aromatic N) is 2. The molecule has 2 atom stereocenters. The molecule has 0 N–H and O–H groups in total. The van der Waals surface area contributed by atoms with E-state index in [0.717, 1.165) is 31.5 Å². The molecular formula is C20H24N2O4. The standard InChI is InChI=1S/C20H24N2O4/c23-19(11-17-6-3-10-24-17)22-9-4-7-20(15-22)12-18(14-26-20)25-13-16-5-1-2-8-21-16/h1-3,5-6,8,10,18H,4,7,9,11-15H2/t18-,20-/m0/s1. The fourth-order valence-electron chi connectivity index (χ4n) is 3.87. The summed E-state index contributed by atoms with van der Waals surface area (Å²) in [5, 5.41) is 0. The highest BCUT2D eigenvalue weighted by Crippen LogP contribution is 2.36. The van der Waals surface area contributed by atoms with E-state index in [4.69, 9.17) is 13.9 Å². The summed E-state index contributed by atoms with van der Waals surface area (Å²) in [5.41, 5.74) is 0.652. The average molecular weight is 356 g/mol. The number of amides is 1. The van der Waals surface area contributed by atoms with E-state index in [2.05, 4.69) is 4.98 Å². The van der Waals surface area contributed by atoms with Crippen LogP contribution in [0.5, 0.6) is 0 Å². The number of likely N-dealkylation sites (tertiary alicyclic amines) is 1. The predicted molar refractivity (Wildman–Crippen MR) is 94.3 cm³/mol. The topological polar surface area (TPSA) is 64.8 Å². The van der Waals surface area contributed by atoms with Crippen LogP contribution in [0, 0.1) is 0 Å². The maximum Gasteiger partial charge on any atom is 0.230 e. The first kappa shape index (κ1) is 17.2. The molecule has 4 rings (SSSR count). The van der Waals surface area contributed by atoms with Gasteiger partial charge in [0.2, 0.25) is 5.91 Å². The van der Waals surface area contributed by atoms with Gasteiger partial charge in [-0.05, 0) is 37.1 Å². The van der Waals surface area contributed by atoms with Gasteiger partial charge < -0.3 is 18.8 Å². The molecule has 0 aliphatic carbocycles. The summed E-state index contributed by atoms with van der Waals surface area (Å²) >= 11 is 0. The first-order valence-electron chi connectivity index (χ1n) is 9.18. The molecule has 0 aromatic carbocycles. The lowest BCUT2D eigenvalue weighted by Crippen LogP contribution is -2.50. The molecule has 1 spiro atoms. The molecule has 6 nitrogen and oxygen atoms in total. The van der Waals surface area contributed by atoms with Crippen LogP contribution in [0.3, 0.4) is 0 Å². The van der Waals surface area contributed by atoms with Crippen molar-refractivity contribution in [2.24, 2.45) is 0 Å². The Balaban J connectivity index is 1.31. The lowest BCUT2D eigenvalue weighted by Gasteiger charge is -2.39. The van der Waals surface area contributed by atoms with E-state index in [1.165, 1.54) is 0 Å². The van der Waals surface area contributed by atoms with E-state index >= 15 is 0 Å². The van der Waals surface area contributed by atoms with E-state index in [9.17, 15) is 4.79 Å². The lowest BCUT2D eigenvalue weighted by molar-refractivity contribution is -0.138. The largest absolute Gasteiger partial charge is 0.469 e. The fourth-order valence-corrected chi connectivity index (χ4v) is 3.87. The second kappa shape index (κ2) is 7.60. The Labute approximate surface area is 153 Å². The van der Waals surface area contributed by atoms with Crippen LogP contribution < -0.4 is 0 Å². The van der Waals surface area contributed by atoms with Crippen LogP contribution in [0.25, 0.3) is 0 Å². The van der Waals surface area contributed by atoms with Crippen molar-refractivity contribution < 1.29 is 18.7 Å². The van der Waals surface area contributed by atoms with Crippen molar-refractivity contribution in [2.75, 3.05) is 19.7 Å². The molecule has 1 amide bonds. The molecule has 26 heavy (non-hydrogen) atoms. The maximum absolute atomic E-state index is 12.6. The van der Waals surface area contributed by atoms with Crippen molar-refractivity contribution in [1.29, 1.82) is 0 Å². The van der Waals surface area contributed by atoms with Gasteiger partial charge in [-0.1, -0.05) is 6.07 Å². The number of carbonyl (C=O) groups is 1. The Kier molecular flexibility index (Phi) is 5.04. The molecule has 138 valence electrons. The summed E-state index contributed by atoms with van der Waals surface area (Å²) in [6, 6.07) is 9.46. The van der Waals surface area contributed by atoms with Crippen LogP contribution in [-0.2, 0) is 27.3 Å². The average Bonchev–Trinajstić information content (AvgIpc) is 3.31. The van der Waals surface area contributed by atoms with Crippen LogP contribution in [0.4, 0.5) is 0 Å². The fraction of sp³-hybridized carbons (Fsp3) is 0.500. The zero-order valence-electron chi connectivity index (χ0n) is 14.8. The first-order chi connectivity index (χ1) is 12.7. The minimum atomic E-state index is -0.272. The molecule has 0 radical (unpaired) electrons. The van der Waals surface area contributed by atoms with Crippen molar-refractivity contribution in [3.05, 3.63) is 54.2 Å². The van der Waals surface area contributed by atoms with E-state index in [0.29, 0.717) is 31.9 Å². The van der Waals surface area contributed by atoms with Gasteiger partial charge in [-0.25, -0.2) is 0 Å². The number of ether oxygens (including phenoxy) is 2. The van der Waals surface area contributed by atoms with Gasteiger partial charge in [0.15, 0.2) is 0 Å². The summed E-state index contributed by atoms with van der Waals surface area (Å²) in [5.74, 6) is 0.805. The summed E-state index contributed by atoms with van der Waals surface area (Å²) in [6.07, 6.45) is 6.49. The lowest BCUT2D eigenvalue weighted by atomic mass is 9.89. The number of carbonyl (C=O) groups excluding carboxylic acids is 1.